The van der Waals surface area contributed by atoms with E-state index < -0.39 is 9.84 Å². The highest BCUT2D eigenvalue weighted by molar-refractivity contribution is 7.91. The Morgan fingerprint density at radius 1 is 1.35 bits per heavy atom. The van der Waals surface area contributed by atoms with Crippen LogP contribution >= 0.6 is 0 Å². The highest BCUT2D eigenvalue weighted by atomic mass is 32.2. The summed E-state index contributed by atoms with van der Waals surface area (Å²) in [6.45, 7) is 1.60. The number of hydrogen-bond acceptors (Lipinski definition) is 5. The molecule has 0 saturated carbocycles. The van der Waals surface area contributed by atoms with Gasteiger partial charge < -0.3 is 9.15 Å². The van der Waals surface area contributed by atoms with Crippen LogP contribution in [0.5, 0.6) is 5.75 Å². The molecule has 2 rings (SSSR count). The molecule has 0 N–H and O–H groups in total. The SMILES string of the molecule is CCS(=O)(=O)c1ccc(OC)c(N=Cc2ccco2)c1. The lowest BCUT2D eigenvalue weighted by Gasteiger charge is -2.07. The van der Waals surface area contributed by atoms with Crippen LogP contribution in [0.4, 0.5) is 5.69 Å². The Bertz CT molecular complexity index is 703. The van der Waals surface area contributed by atoms with E-state index in [1.807, 2.05) is 0 Å². The van der Waals surface area contributed by atoms with Crippen LogP contribution in [0.25, 0.3) is 0 Å². The number of rotatable bonds is 5. The molecule has 1 heterocycles. The zero-order valence-corrected chi connectivity index (χ0v) is 12.1. The van der Waals surface area contributed by atoms with Crippen LogP contribution in [0.1, 0.15) is 12.7 Å². The predicted octanol–water partition coefficient (Wildman–Crippen LogP) is 2.83. The number of furan rings is 1. The first-order valence-electron chi connectivity index (χ1n) is 6.05. The third kappa shape index (κ3) is 3.08. The second kappa shape index (κ2) is 5.92. The second-order valence-corrected chi connectivity index (χ2v) is 6.29. The molecule has 1 aromatic heterocycles. The van der Waals surface area contributed by atoms with Crippen molar-refractivity contribution in [1.29, 1.82) is 0 Å². The summed E-state index contributed by atoms with van der Waals surface area (Å²) in [5.74, 6) is 1.12. The van der Waals surface area contributed by atoms with Crippen LogP contribution in [0, 0.1) is 0 Å². The molecule has 106 valence electrons. The fourth-order valence-electron chi connectivity index (χ4n) is 1.63. The number of sulfone groups is 1. The lowest BCUT2D eigenvalue weighted by molar-refractivity contribution is 0.416. The molecule has 0 spiro atoms. The van der Waals surface area contributed by atoms with Crippen LogP contribution in [0.15, 0.2) is 50.9 Å². The molecule has 0 bridgehead atoms. The number of aliphatic imine (C=N–C) groups is 1. The van der Waals surface area contributed by atoms with Gasteiger partial charge in [0.25, 0.3) is 0 Å². The molecule has 0 fully saturated rings. The van der Waals surface area contributed by atoms with Crippen LogP contribution in [-0.2, 0) is 9.84 Å². The minimum atomic E-state index is -3.27. The maximum absolute atomic E-state index is 11.9. The van der Waals surface area contributed by atoms with E-state index in [2.05, 4.69) is 4.99 Å². The number of hydrogen-bond donors (Lipinski definition) is 0. The third-order valence-electron chi connectivity index (χ3n) is 2.76. The van der Waals surface area contributed by atoms with Gasteiger partial charge in [0, 0.05) is 0 Å². The van der Waals surface area contributed by atoms with Crippen molar-refractivity contribution >= 4 is 21.7 Å². The van der Waals surface area contributed by atoms with Gasteiger partial charge in [-0.1, -0.05) is 6.92 Å². The van der Waals surface area contributed by atoms with Gasteiger partial charge in [-0.25, -0.2) is 13.4 Å². The van der Waals surface area contributed by atoms with Gasteiger partial charge in [-0.05, 0) is 30.3 Å². The Morgan fingerprint density at radius 2 is 2.15 bits per heavy atom. The van der Waals surface area contributed by atoms with Crippen molar-refractivity contribution in [1.82, 2.24) is 0 Å². The fraction of sp³-hybridized carbons (Fsp3) is 0.214. The minimum absolute atomic E-state index is 0.0423. The first-order valence-corrected chi connectivity index (χ1v) is 7.70. The van der Waals surface area contributed by atoms with Gasteiger partial charge in [0.15, 0.2) is 9.84 Å². The monoisotopic (exact) mass is 293 g/mol. The van der Waals surface area contributed by atoms with Crippen molar-refractivity contribution < 1.29 is 17.6 Å². The molecular weight excluding hydrogens is 278 g/mol. The van der Waals surface area contributed by atoms with E-state index in [1.54, 1.807) is 25.1 Å². The Labute approximate surface area is 117 Å². The van der Waals surface area contributed by atoms with Gasteiger partial charge in [0.1, 0.15) is 17.2 Å². The summed E-state index contributed by atoms with van der Waals surface area (Å²) < 4.78 is 34.1. The predicted molar refractivity (Wildman–Crippen MR) is 76.7 cm³/mol. The Kier molecular flexibility index (Phi) is 4.24. The number of benzene rings is 1. The van der Waals surface area contributed by atoms with Gasteiger partial charge in [-0.2, -0.15) is 0 Å². The molecule has 0 saturated heterocycles. The molecule has 0 radical (unpaired) electrons. The maximum Gasteiger partial charge on any atom is 0.178 e. The summed E-state index contributed by atoms with van der Waals surface area (Å²) >= 11 is 0. The smallest absolute Gasteiger partial charge is 0.178 e. The van der Waals surface area contributed by atoms with E-state index in [9.17, 15) is 8.42 Å². The molecule has 20 heavy (non-hydrogen) atoms. The minimum Gasteiger partial charge on any atom is -0.494 e. The van der Waals surface area contributed by atoms with Gasteiger partial charge in [-0.15, -0.1) is 0 Å². The van der Waals surface area contributed by atoms with Crippen molar-refractivity contribution in [3.05, 3.63) is 42.4 Å². The van der Waals surface area contributed by atoms with Crippen LogP contribution in [0.2, 0.25) is 0 Å². The van der Waals surface area contributed by atoms with Crippen LogP contribution in [0.3, 0.4) is 0 Å². The first-order chi connectivity index (χ1) is 9.56. The first kappa shape index (κ1) is 14.3. The van der Waals surface area contributed by atoms with Crippen molar-refractivity contribution in [2.75, 3.05) is 12.9 Å². The Hall–Kier alpha value is -2.08. The fourth-order valence-corrected chi connectivity index (χ4v) is 2.53. The number of nitrogens with zero attached hydrogens (tertiary/aromatic N) is 1. The van der Waals surface area contributed by atoms with Crippen LogP contribution < -0.4 is 4.74 Å². The average Bonchev–Trinajstić information content (AvgIpc) is 2.98. The lowest BCUT2D eigenvalue weighted by Crippen LogP contribution is -2.03. The van der Waals surface area contributed by atoms with Gasteiger partial charge in [0.2, 0.25) is 0 Å². The summed E-state index contributed by atoms with van der Waals surface area (Å²) in [5, 5.41) is 0. The highest BCUT2D eigenvalue weighted by Crippen LogP contribution is 2.30. The quantitative estimate of drug-likeness (QED) is 0.795. The Balaban J connectivity index is 2.42. The second-order valence-electron chi connectivity index (χ2n) is 4.01. The van der Waals surface area contributed by atoms with Crippen molar-refractivity contribution in [2.45, 2.75) is 11.8 Å². The van der Waals surface area contributed by atoms with E-state index in [4.69, 9.17) is 9.15 Å². The van der Waals surface area contributed by atoms with Gasteiger partial charge >= 0.3 is 0 Å². The third-order valence-corrected chi connectivity index (χ3v) is 4.50. The van der Waals surface area contributed by atoms with Crippen molar-refractivity contribution in [2.24, 2.45) is 4.99 Å². The van der Waals surface area contributed by atoms with Gasteiger partial charge in [0.05, 0.1) is 30.2 Å². The van der Waals surface area contributed by atoms with Crippen molar-refractivity contribution in [3.8, 4) is 5.75 Å². The van der Waals surface area contributed by atoms with Gasteiger partial charge in [-0.3, -0.25) is 0 Å². The molecule has 2 aromatic rings. The zero-order chi connectivity index (χ0) is 14.6. The topological polar surface area (TPSA) is 68.9 Å². The molecule has 0 aliphatic heterocycles. The number of methoxy groups -OCH3 is 1. The highest BCUT2D eigenvalue weighted by Gasteiger charge is 2.14. The van der Waals surface area contributed by atoms with E-state index in [0.717, 1.165) is 0 Å². The largest absolute Gasteiger partial charge is 0.494 e. The summed E-state index contributed by atoms with van der Waals surface area (Å²) in [6.07, 6.45) is 3.05. The molecule has 1 aromatic carbocycles. The normalized spacial score (nSPS) is 11.9. The molecular formula is C14H15NO4S. The summed E-state index contributed by atoms with van der Waals surface area (Å²) in [4.78, 5) is 4.45. The molecule has 0 amide bonds. The molecule has 5 nitrogen and oxygen atoms in total. The van der Waals surface area contributed by atoms with E-state index in [0.29, 0.717) is 17.2 Å². The molecule has 0 unspecified atom stereocenters. The number of ether oxygens (including phenoxy) is 1. The lowest BCUT2D eigenvalue weighted by atomic mass is 10.3. The molecule has 0 atom stereocenters. The van der Waals surface area contributed by atoms with Crippen LogP contribution in [-0.4, -0.2) is 27.5 Å². The average molecular weight is 293 g/mol. The van der Waals surface area contributed by atoms with E-state index >= 15 is 0 Å². The molecule has 0 aliphatic rings. The van der Waals surface area contributed by atoms with Crippen molar-refractivity contribution in [3.63, 3.8) is 0 Å². The summed E-state index contributed by atoms with van der Waals surface area (Å²) in [7, 11) is -1.76. The molecule has 6 heteroatoms. The summed E-state index contributed by atoms with van der Waals surface area (Å²) in [5.41, 5.74) is 0.443. The molecule has 0 aliphatic carbocycles. The standard InChI is InChI=1S/C14H15NO4S/c1-3-20(16,17)12-6-7-14(18-2)13(9-12)15-10-11-5-4-8-19-11/h4-10H,3H2,1-2H3. The van der Waals surface area contributed by atoms with E-state index in [1.165, 1.54) is 31.7 Å². The summed E-state index contributed by atoms with van der Waals surface area (Å²) in [6, 6.07) is 8.11. The zero-order valence-electron chi connectivity index (χ0n) is 11.2. The maximum atomic E-state index is 11.9. The van der Waals surface area contributed by atoms with E-state index in [-0.39, 0.29) is 10.6 Å². The Morgan fingerprint density at radius 3 is 2.75 bits per heavy atom.